The van der Waals surface area contributed by atoms with Crippen molar-refractivity contribution >= 4 is 15.9 Å². The van der Waals surface area contributed by atoms with Crippen molar-refractivity contribution in [2.75, 3.05) is 19.8 Å². The quantitative estimate of drug-likeness (QED) is 0.827. The van der Waals surface area contributed by atoms with Gasteiger partial charge in [-0.3, -0.25) is 4.79 Å². The van der Waals surface area contributed by atoms with Gasteiger partial charge in [-0.05, 0) is 30.2 Å². The van der Waals surface area contributed by atoms with Gasteiger partial charge in [0.05, 0.1) is 24.2 Å². The maximum absolute atomic E-state index is 12.8. The van der Waals surface area contributed by atoms with E-state index in [1.54, 1.807) is 19.1 Å². The first kappa shape index (κ1) is 20.0. The average Bonchev–Trinajstić information content (AvgIpc) is 2.72. The number of hydrogen-bond donors (Lipinski definition) is 1. The molecule has 8 heteroatoms. The van der Waals surface area contributed by atoms with E-state index >= 15 is 0 Å². The van der Waals surface area contributed by atoms with Crippen molar-refractivity contribution in [3.8, 4) is 6.07 Å². The zero-order valence-electron chi connectivity index (χ0n) is 15.5. The van der Waals surface area contributed by atoms with Crippen LogP contribution >= 0.6 is 0 Å². The molecule has 0 aliphatic carbocycles. The Labute approximate surface area is 164 Å². The van der Waals surface area contributed by atoms with Gasteiger partial charge in [0.15, 0.2) is 0 Å². The Morgan fingerprint density at radius 1 is 1.29 bits per heavy atom. The zero-order chi connectivity index (χ0) is 20.1. The van der Waals surface area contributed by atoms with E-state index in [-0.39, 0.29) is 29.5 Å². The molecule has 0 spiro atoms. The summed E-state index contributed by atoms with van der Waals surface area (Å²) in [5, 5.41) is 9.23. The van der Waals surface area contributed by atoms with Crippen LogP contribution in [0.25, 0.3) is 0 Å². The summed E-state index contributed by atoms with van der Waals surface area (Å²) in [5.74, 6) is -0.380. The van der Waals surface area contributed by atoms with E-state index in [2.05, 4.69) is 4.72 Å². The van der Waals surface area contributed by atoms with Gasteiger partial charge in [0.1, 0.15) is 6.04 Å². The summed E-state index contributed by atoms with van der Waals surface area (Å²) in [6.45, 7) is 2.62. The number of hydrogen-bond acceptors (Lipinski definition) is 5. The summed E-state index contributed by atoms with van der Waals surface area (Å²) >= 11 is 0. The van der Waals surface area contributed by atoms with E-state index in [4.69, 9.17) is 4.74 Å². The molecule has 0 radical (unpaired) electrons. The number of ether oxygens (including phenoxy) is 1. The van der Waals surface area contributed by atoms with E-state index in [0.29, 0.717) is 18.7 Å². The minimum absolute atomic E-state index is 0.0519. The van der Waals surface area contributed by atoms with Crippen molar-refractivity contribution in [2.24, 2.45) is 0 Å². The fourth-order valence-electron chi connectivity index (χ4n) is 2.99. The van der Waals surface area contributed by atoms with Crippen LogP contribution in [0, 0.1) is 18.3 Å². The van der Waals surface area contributed by atoms with Crippen LogP contribution in [0.15, 0.2) is 53.4 Å². The van der Waals surface area contributed by atoms with Gasteiger partial charge in [0.25, 0.3) is 5.91 Å². The number of sulfonamides is 1. The van der Waals surface area contributed by atoms with Gasteiger partial charge in [-0.15, -0.1) is 0 Å². The van der Waals surface area contributed by atoms with Crippen molar-refractivity contribution in [3.63, 3.8) is 0 Å². The summed E-state index contributed by atoms with van der Waals surface area (Å²) in [6, 6.07) is 15.1. The summed E-state index contributed by atoms with van der Waals surface area (Å²) < 4.78 is 33.4. The molecular weight excluding hydrogens is 378 g/mol. The van der Waals surface area contributed by atoms with Gasteiger partial charge >= 0.3 is 0 Å². The molecule has 0 unspecified atom stereocenters. The normalized spacial score (nSPS) is 17.1. The monoisotopic (exact) mass is 399 g/mol. The number of morpholine rings is 1. The second-order valence-electron chi connectivity index (χ2n) is 6.51. The molecule has 146 valence electrons. The molecule has 1 aliphatic heterocycles. The van der Waals surface area contributed by atoms with Crippen molar-refractivity contribution in [1.29, 1.82) is 5.26 Å². The number of nitrogens with one attached hydrogen (secondary N) is 1. The van der Waals surface area contributed by atoms with Crippen molar-refractivity contribution < 1.29 is 17.9 Å². The molecular formula is C20H21N3O4S. The first-order chi connectivity index (χ1) is 13.4. The fraction of sp³-hybridized carbons (Fsp3) is 0.300. The number of amides is 1. The lowest BCUT2D eigenvalue weighted by molar-refractivity contribution is 0.0132. The first-order valence-corrected chi connectivity index (χ1v) is 10.3. The number of carbonyl (C=O) groups is 1. The Morgan fingerprint density at radius 2 is 2.04 bits per heavy atom. The standard InChI is InChI=1S/C20H21N3O4S/c1-15-7-8-17(20(24)23-9-10-27-14-18(23)12-21)11-19(15)28(25,26)22-13-16-5-3-2-4-6-16/h2-8,11,18,22H,9-10,13-14H2,1H3/t18-/m1/s1. The molecule has 1 saturated heterocycles. The molecule has 2 aromatic carbocycles. The Balaban J connectivity index is 1.84. The van der Waals surface area contributed by atoms with Crippen LogP contribution in [-0.4, -0.2) is 45.0 Å². The zero-order valence-corrected chi connectivity index (χ0v) is 16.3. The lowest BCUT2D eigenvalue weighted by atomic mass is 10.1. The van der Waals surface area contributed by atoms with Gasteiger partial charge in [0, 0.05) is 18.7 Å². The minimum Gasteiger partial charge on any atom is -0.376 e. The first-order valence-electron chi connectivity index (χ1n) is 8.85. The van der Waals surface area contributed by atoms with E-state index in [0.717, 1.165) is 5.56 Å². The molecule has 1 atom stereocenters. The predicted molar refractivity (Wildman–Crippen MR) is 103 cm³/mol. The number of carbonyl (C=O) groups excluding carboxylic acids is 1. The number of nitrogens with zero attached hydrogens (tertiary/aromatic N) is 2. The van der Waals surface area contributed by atoms with Crippen LogP contribution in [0.4, 0.5) is 0 Å². The SMILES string of the molecule is Cc1ccc(C(=O)N2CCOC[C@H]2C#N)cc1S(=O)(=O)NCc1ccccc1. The maximum atomic E-state index is 12.8. The van der Waals surface area contributed by atoms with Gasteiger partial charge in [-0.25, -0.2) is 13.1 Å². The molecule has 1 aliphatic rings. The highest BCUT2D eigenvalue weighted by Gasteiger charge is 2.29. The van der Waals surface area contributed by atoms with E-state index in [1.165, 1.54) is 11.0 Å². The van der Waals surface area contributed by atoms with Crippen LogP contribution in [0.5, 0.6) is 0 Å². The molecule has 0 saturated carbocycles. The molecule has 1 heterocycles. The minimum atomic E-state index is -3.81. The Bertz CT molecular complexity index is 1000. The smallest absolute Gasteiger partial charge is 0.255 e. The lowest BCUT2D eigenvalue weighted by Crippen LogP contribution is -2.48. The second-order valence-corrected chi connectivity index (χ2v) is 8.24. The summed E-state index contributed by atoms with van der Waals surface area (Å²) in [7, 11) is -3.81. The van der Waals surface area contributed by atoms with E-state index in [9.17, 15) is 18.5 Å². The topological polar surface area (TPSA) is 99.5 Å². The third-order valence-corrected chi connectivity index (χ3v) is 6.12. The molecule has 1 N–H and O–H groups in total. The highest BCUT2D eigenvalue weighted by Crippen LogP contribution is 2.20. The highest BCUT2D eigenvalue weighted by molar-refractivity contribution is 7.89. The number of nitriles is 1. The molecule has 28 heavy (non-hydrogen) atoms. The summed E-state index contributed by atoms with van der Waals surface area (Å²) in [6.07, 6.45) is 0. The molecule has 3 rings (SSSR count). The van der Waals surface area contributed by atoms with Gasteiger partial charge < -0.3 is 9.64 Å². The largest absolute Gasteiger partial charge is 0.376 e. The van der Waals surface area contributed by atoms with Crippen LogP contribution in [0.3, 0.4) is 0 Å². The van der Waals surface area contributed by atoms with Crippen LogP contribution in [0.2, 0.25) is 0 Å². The fourth-order valence-corrected chi connectivity index (χ4v) is 4.28. The summed E-state index contributed by atoms with van der Waals surface area (Å²) in [5.41, 5.74) is 1.60. The molecule has 1 fully saturated rings. The van der Waals surface area contributed by atoms with Crippen LogP contribution in [0.1, 0.15) is 21.5 Å². The van der Waals surface area contributed by atoms with Crippen molar-refractivity contribution in [3.05, 3.63) is 65.2 Å². The highest BCUT2D eigenvalue weighted by atomic mass is 32.2. The number of benzene rings is 2. The van der Waals surface area contributed by atoms with Crippen LogP contribution in [-0.2, 0) is 21.3 Å². The van der Waals surface area contributed by atoms with Crippen molar-refractivity contribution in [1.82, 2.24) is 9.62 Å². The van der Waals surface area contributed by atoms with E-state index < -0.39 is 16.1 Å². The van der Waals surface area contributed by atoms with Gasteiger partial charge in [-0.2, -0.15) is 5.26 Å². The number of aryl methyl sites for hydroxylation is 1. The third-order valence-electron chi connectivity index (χ3n) is 4.57. The predicted octanol–water partition coefficient (Wildman–Crippen LogP) is 1.84. The Kier molecular flexibility index (Phi) is 6.09. The number of rotatable bonds is 5. The molecule has 1 amide bonds. The van der Waals surface area contributed by atoms with Crippen molar-refractivity contribution in [2.45, 2.75) is 24.4 Å². The van der Waals surface area contributed by atoms with Gasteiger partial charge in [0.2, 0.25) is 10.0 Å². The molecule has 0 bridgehead atoms. The van der Waals surface area contributed by atoms with Crippen LogP contribution < -0.4 is 4.72 Å². The average molecular weight is 399 g/mol. The van der Waals surface area contributed by atoms with Gasteiger partial charge in [-0.1, -0.05) is 36.4 Å². The second kappa shape index (κ2) is 8.52. The molecule has 2 aromatic rings. The molecule has 7 nitrogen and oxygen atoms in total. The summed E-state index contributed by atoms with van der Waals surface area (Å²) in [4.78, 5) is 14.3. The Hall–Kier alpha value is -2.73. The maximum Gasteiger partial charge on any atom is 0.255 e. The Morgan fingerprint density at radius 3 is 2.75 bits per heavy atom. The third kappa shape index (κ3) is 4.39. The van der Waals surface area contributed by atoms with E-state index in [1.807, 2.05) is 36.4 Å². The molecule has 0 aromatic heterocycles. The lowest BCUT2D eigenvalue weighted by Gasteiger charge is -2.31.